The number of hydrogen-bond donors (Lipinski definition) is 0. The molecule has 3 aromatic rings. The Bertz CT molecular complexity index is 960. The van der Waals surface area contributed by atoms with Gasteiger partial charge in [0.1, 0.15) is 11.9 Å². The molecule has 0 atom stereocenters. The maximum absolute atomic E-state index is 13.0. The molecule has 0 bridgehead atoms. The molecule has 0 spiro atoms. The van der Waals surface area contributed by atoms with E-state index in [1.807, 2.05) is 65.9 Å². The number of carbonyl (C=O) groups excluding carboxylic acids is 1. The molecule has 4 rings (SSSR count). The van der Waals surface area contributed by atoms with E-state index in [1.54, 1.807) is 12.4 Å². The van der Waals surface area contributed by atoms with Crippen LogP contribution in [0.15, 0.2) is 54.9 Å². The summed E-state index contributed by atoms with van der Waals surface area (Å²) in [5.41, 5.74) is 3.61. The number of likely N-dealkylation sites (tertiary alicyclic amines) is 1. The molecule has 144 valence electrons. The standard InChI is InChI=1S/C22H24N4O2/c1-16-13-17(2)26(24-16)19-6-3-5-18(14-19)22(27)25-11-8-20(9-12-25)28-21-7-4-10-23-15-21/h3-7,10,13-15,20H,8-9,11-12H2,1-2H3. The molecule has 1 fully saturated rings. The van der Waals surface area contributed by atoms with Gasteiger partial charge in [-0.05, 0) is 50.2 Å². The van der Waals surface area contributed by atoms with Crippen molar-refractivity contribution in [2.24, 2.45) is 0 Å². The maximum Gasteiger partial charge on any atom is 0.253 e. The third-order valence-corrected chi connectivity index (χ3v) is 5.01. The summed E-state index contributed by atoms with van der Waals surface area (Å²) in [5.74, 6) is 0.841. The van der Waals surface area contributed by atoms with Crippen molar-refractivity contribution in [3.8, 4) is 11.4 Å². The number of amides is 1. The zero-order chi connectivity index (χ0) is 19.5. The Hall–Kier alpha value is -3.15. The average Bonchev–Trinajstić information content (AvgIpc) is 3.07. The molecule has 6 nitrogen and oxygen atoms in total. The van der Waals surface area contributed by atoms with Crippen LogP contribution >= 0.6 is 0 Å². The van der Waals surface area contributed by atoms with Gasteiger partial charge in [0.2, 0.25) is 0 Å². The lowest BCUT2D eigenvalue weighted by Gasteiger charge is -2.32. The number of benzene rings is 1. The molecule has 0 radical (unpaired) electrons. The molecule has 1 aromatic carbocycles. The smallest absolute Gasteiger partial charge is 0.253 e. The summed E-state index contributed by atoms with van der Waals surface area (Å²) in [6.45, 7) is 5.36. The van der Waals surface area contributed by atoms with Gasteiger partial charge in [0.25, 0.3) is 5.91 Å². The number of ether oxygens (including phenoxy) is 1. The second-order valence-electron chi connectivity index (χ2n) is 7.19. The van der Waals surface area contributed by atoms with Gasteiger partial charge >= 0.3 is 0 Å². The summed E-state index contributed by atoms with van der Waals surface area (Å²) in [7, 11) is 0. The van der Waals surface area contributed by atoms with Crippen molar-refractivity contribution < 1.29 is 9.53 Å². The van der Waals surface area contributed by atoms with Crippen molar-refractivity contribution in [1.82, 2.24) is 19.7 Å². The Morgan fingerprint density at radius 1 is 1.11 bits per heavy atom. The van der Waals surface area contributed by atoms with Gasteiger partial charge in [-0.25, -0.2) is 4.68 Å². The lowest BCUT2D eigenvalue weighted by molar-refractivity contribution is 0.0595. The van der Waals surface area contributed by atoms with Crippen molar-refractivity contribution in [1.29, 1.82) is 0 Å². The Labute approximate surface area is 164 Å². The van der Waals surface area contributed by atoms with E-state index in [0.29, 0.717) is 18.7 Å². The predicted octanol–water partition coefficient (Wildman–Crippen LogP) is 3.57. The number of pyridine rings is 1. The minimum atomic E-state index is 0.0585. The lowest BCUT2D eigenvalue weighted by Crippen LogP contribution is -2.41. The van der Waals surface area contributed by atoms with Gasteiger partial charge in [-0.15, -0.1) is 0 Å². The minimum absolute atomic E-state index is 0.0585. The van der Waals surface area contributed by atoms with Crippen LogP contribution in [0.25, 0.3) is 5.69 Å². The molecule has 0 N–H and O–H groups in total. The number of hydrogen-bond acceptors (Lipinski definition) is 4. The Balaban J connectivity index is 1.42. The molecule has 3 heterocycles. The Morgan fingerprint density at radius 3 is 2.61 bits per heavy atom. The van der Waals surface area contributed by atoms with Crippen LogP contribution < -0.4 is 4.74 Å². The van der Waals surface area contributed by atoms with Gasteiger partial charge in [-0.1, -0.05) is 6.07 Å². The van der Waals surface area contributed by atoms with E-state index in [1.165, 1.54) is 0 Å². The number of nitrogens with zero attached hydrogens (tertiary/aromatic N) is 4. The van der Waals surface area contributed by atoms with E-state index in [2.05, 4.69) is 10.1 Å². The van der Waals surface area contributed by atoms with Crippen molar-refractivity contribution in [2.45, 2.75) is 32.8 Å². The fourth-order valence-corrected chi connectivity index (χ4v) is 3.63. The van der Waals surface area contributed by atoms with Crippen LogP contribution in [0.4, 0.5) is 0 Å². The first-order valence-corrected chi connectivity index (χ1v) is 9.60. The first-order chi connectivity index (χ1) is 13.6. The highest BCUT2D eigenvalue weighted by Crippen LogP contribution is 2.21. The fourth-order valence-electron chi connectivity index (χ4n) is 3.63. The van der Waals surface area contributed by atoms with Crippen LogP contribution in [0.5, 0.6) is 5.75 Å². The quantitative estimate of drug-likeness (QED) is 0.698. The number of aryl methyl sites for hydroxylation is 2. The fraction of sp³-hybridized carbons (Fsp3) is 0.318. The summed E-state index contributed by atoms with van der Waals surface area (Å²) in [6.07, 6.45) is 5.21. The van der Waals surface area contributed by atoms with Gasteiger partial charge in [-0.2, -0.15) is 5.10 Å². The molecule has 0 aliphatic carbocycles. The normalized spacial score (nSPS) is 14.9. The van der Waals surface area contributed by atoms with Crippen LogP contribution in [0.1, 0.15) is 34.6 Å². The molecular formula is C22H24N4O2. The van der Waals surface area contributed by atoms with Crippen LogP contribution in [-0.4, -0.2) is 44.8 Å². The highest BCUT2D eigenvalue weighted by molar-refractivity contribution is 5.94. The molecule has 6 heteroatoms. The summed E-state index contributed by atoms with van der Waals surface area (Å²) in [4.78, 5) is 19.0. The monoisotopic (exact) mass is 376 g/mol. The molecule has 1 saturated heterocycles. The topological polar surface area (TPSA) is 60.2 Å². The zero-order valence-electron chi connectivity index (χ0n) is 16.2. The van der Waals surface area contributed by atoms with Crippen LogP contribution in [-0.2, 0) is 0 Å². The molecule has 28 heavy (non-hydrogen) atoms. The second kappa shape index (κ2) is 7.84. The van der Waals surface area contributed by atoms with E-state index < -0.39 is 0 Å². The Kier molecular flexibility index (Phi) is 5.10. The number of rotatable bonds is 4. The molecule has 1 aliphatic heterocycles. The van der Waals surface area contributed by atoms with E-state index in [9.17, 15) is 4.79 Å². The van der Waals surface area contributed by atoms with E-state index >= 15 is 0 Å². The van der Waals surface area contributed by atoms with Crippen LogP contribution in [0.2, 0.25) is 0 Å². The summed E-state index contributed by atoms with van der Waals surface area (Å²) < 4.78 is 7.84. The van der Waals surface area contributed by atoms with Gasteiger partial charge < -0.3 is 9.64 Å². The maximum atomic E-state index is 13.0. The SMILES string of the molecule is Cc1cc(C)n(-c2cccc(C(=O)N3CCC(Oc4cccnc4)CC3)c2)n1. The predicted molar refractivity (Wildman–Crippen MR) is 107 cm³/mol. The number of carbonyl (C=O) groups is 1. The zero-order valence-corrected chi connectivity index (χ0v) is 16.2. The number of aromatic nitrogens is 3. The van der Waals surface area contributed by atoms with Crippen LogP contribution in [0, 0.1) is 13.8 Å². The third-order valence-electron chi connectivity index (χ3n) is 5.01. The summed E-state index contributed by atoms with van der Waals surface area (Å²) in [5, 5.41) is 4.51. The molecule has 1 aliphatic rings. The van der Waals surface area contributed by atoms with E-state index in [-0.39, 0.29) is 12.0 Å². The van der Waals surface area contributed by atoms with Gasteiger partial charge in [0.05, 0.1) is 17.6 Å². The third kappa shape index (κ3) is 3.91. The van der Waals surface area contributed by atoms with Crippen molar-refractivity contribution in [3.05, 3.63) is 71.8 Å². The lowest BCUT2D eigenvalue weighted by atomic mass is 10.1. The average molecular weight is 376 g/mol. The number of piperidine rings is 1. The van der Waals surface area contributed by atoms with E-state index in [0.717, 1.165) is 35.7 Å². The minimum Gasteiger partial charge on any atom is -0.489 e. The highest BCUT2D eigenvalue weighted by atomic mass is 16.5. The van der Waals surface area contributed by atoms with Crippen molar-refractivity contribution in [3.63, 3.8) is 0 Å². The molecular weight excluding hydrogens is 352 g/mol. The molecule has 0 saturated carbocycles. The molecule has 0 unspecified atom stereocenters. The van der Waals surface area contributed by atoms with Crippen molar-refractivity contribution >= 4 is 5.91 Å². The second-order valence-corrected chi connectivity index (χ2v) is 7.19. The Morgan fingerprint density at radius 2 is 1.93 bits per heavy atom. The molecule has 2 aromatic heterocycles. The van der Waals surface area contributed by atoms with Gasteiger partial charge in [-0.3, -0.25) is 9.78 Å². The first kappa shape index (κ1) is 18.2. The largest absolute Gasteiger partial charge is 0.489 e. The first-order valence-electron chi connectivity index (χ1n) is 9.60. The van der Waals surface area contributed by atoms with Crippen LogP contribution in [0.3, 0.4) is 0 Å². The van der Waals surface area contributed by atoms with Gasteiger partial charge in [0, 0.05) is 43.4 Å². The molecule has 1 amide bonds. The summed E-state index contributed by atoms with van der Waals surface area (Å²) >= 11 is 0. The van der Waals surface area contributed by atoms with Crippen molar-refractivity contribution in [2.75, 3.05) is 13.1 Å². The highest BCUT2D eigenvalue weighted by Gasteiger charge is 2.25. The summed E-state index contributed by atoms with van der Waals surface area (Å²) in [6, 6.07) is 13.5. The van der Waals surface area contributed by atoms with E-state index in [4.69, 9.17) is 4.74 Å². The van der Waals surface area contributed by atoms with Gasteiger partial charge in [0.15, 0.2) is 0 Å².